The molecule has 6 heteroatoms. The maximum Gasteiger partial charge on any atom is 0.160 e. The summed E-state index contributed by atoms with van der Waals surface area (Å²) in [6.07, 6.45) is 8.92. The Morgan fingerprint density at radius 3 is 1.83 bits per heavy atom. The van der Waals surface area contributed by atoms with E-state index in [1.165, 1.54) is 5.39 Å². The first-order valence-electron chi connectivity index (χ1n) is 15.1. The number of furan rings is 1. The first-order valence-corrected chi connectivity index (χ1v) is 15.1. The molecule has 0 aliphatic rings. The number of fused-ring (bicyclic) bond motifs is 5. The van der Waals surface area contributed by atoms with Gasteiger partial charge in [-0.2, -0.15) is 0 Å². The minimum Gasteiger partial charge on any atom is -0.464 e. The van der Waals surface area contributed by atoms with Crippen molar-refractivity contribution in [2.45, 2.75) is 0 Å². The van der Waals surface area contributed by atoms with E-state index in [9.17, 15) is 0 Å². The summed E-state index contributed by atoms with van der Waals surface area (Å²) < 4.78 is 8.26. The van der Waals surface area contributed by atoms with Gasteiger partial charge in [0.2, 0.25) is 0 Å². The van der Waals surface area contributed by atoms with Crippen molar-refractivity contribution in [1.82, 2.24) is 24.5 Å². The van der Waals surface area contributed by atoms with Crippen molar-refractivity contribution in [3.8, 4) is 50.7 Å². The number of benzene rings is 4. The number of rotatable bonds is 5. The molecule has 0 aliphatic carbocycles. The van der Waals surface area contributed by atoms with Gasteiger partial charge in [0, 0.05) is 57.9 Å². The average molecular weight is 592 g/mol. The van der Waals surface area contributed by atoms with Crippen LogP contribution in [0.25, 0.3) is 83.5 Å². The van der Waals surface area contributed by atoms with Gasteiger partial charge in [-0.25, -0.2) is 9.97 Å². The lowest BCUT2D eigenvalue weighted by Crippen LogP contribution is -1.97. The molecule has 0 fully saturated rings. The number of pyridine rings is 2. The fourth-order valence-corrected chi connectivity index (χ4v) is 6.29. The third-order valence-electron chi connectivity index (χ3n) is 8.54. The highest BCUT2D eigenvalue weighted by Gasteiger charge is 2.17. The van der Waals surface area contributed by atoms with Gasteiger partial charge in [0.05, 0.1) is 34.1 Å². The van der Waals surface area contributed by atoms with Crippen LogP contribution in [0.3, 0.4) is 0 Å². The fraction of sp³-hybridized carbons (Fsp3) is 0. The van der Waals surface area contributed by atoms with Gasteiger partial charge in [-0.1, -0.05) is 54.6 Å². The van der Waals surface area contributed by atoms with Crippen LogP contribution in [0.2, 0.25) is 0 Å². The average Bonchev–Trinajstić information content (AvgIpc) is 3.75. The van der Waals surface area contributed by atoms with Crippen LogP contribution in [0, 0.1) is 0 Å². The highest BCUT2D eigenvalue weighted by Crippen LogP contribution is 2.37. The zero-order valence-corrected chi connectivity index (χ0v) is 24.6. The molecule has 9 aromatic rings. The fourth-order valence-electron chi connectivity index (χ4n) is 6.29. The van der Waals surface area contributed by atoms with Gasteiger partial charge >= 0.3 is 0 Å². The molecule has 0 radical (unpaired) electrons. The largest absolute Gasteiger partial charge is 0.464 e. The van der Waals surface area contributed by atoms with E-state index in [-0.39, 0.29) is 0 Å². The summed E-state index contributed by atoms with van der Waals surface area (Å²) in [6, 6.07) is 41.8. The highest BCUT2D eigenvalue weighted by molar-refractivity contribution is 6.19. The van der Waals surface area contributed by atoms with Gasteiger partial charge in [0.25, 0.3) is 0 Å². The van der Waals surface area contributed by atoms with E-state index >= 15 is 0 Å². The Labute approximate surface area is 264 Å². The van der Waals surface area contributed by atoms with Gasteiger partial charge in [-0.15, -0.1) is 0 Å². The molecule has 9 rings (SSSR count). The summed E-state index contributed by atoms with van der Waals surface area (Å²) >= 11 is 0. The molecule has 0 amide bonds. The summed E-state index contributed by atoms with van der Waals surface area (Å²) in [5.74, 6) is 0.655. The summed E-state index contributed by atoms with van der Waals surface area (Å²) in [7, 11) is 0. The third kappa shape index (κ3) is 4.35. The van der Waals surface area contributed by atoms with E-state index < -0.39 is 0 Å². The molecular weight excluding hydrogens is 566 g/mol. The molecule has 0 saturated heterocycles. The number of hydrogen-bond acceptors (Lipinski definition) is 5. The molecule has 5 aromatic heterocycles. The van der Waals surface area contributed by atoms with E-state index in [2.05, 4.69) is 106 Å². The highest BCUT2D eigenvalue weighted by atomic mass is 16.3. The minimum absolute atomic E-state index is 0.655. The first kappa shape index (κ1) is 26.0. The van der Waals surface area contributed by atoms with Gasteiger partial charge in [0.1, 0.15) is 5.58 Å². The normalized spacial score (nSPS) is 11.5. The lowest BCUT2D eigenvalue weighted by molar-refractivity contribution is 0.619. The van der Waals surface area contributed by atoms with Gasteiger partial charge < -0.3 is 8.98 Å². The molecule has 0 unspecified atom stereocenters. The van der Waals surface area contributed by atoms with Gasteiger partial charge in [0.15, 0.2) is 5.82 Å². The molecular formula is C40H25N5O. The zero-order chi connectivity index (χ0) is 30.5. The van der Waals surface area contributed by atoms with Gasteiger partial charge in [-0.3, -0.25) is 9.97 Å². The number of para-hydroxylation sites is 1. The summed E-state index contributed by atoms with van der Waals surface area (Å²) in [5.41, 5.74) is 11.1. The predicted molar refractivity (Wildman–Crippen MR) is 183 cm³/mol. The van der Waals surface area contributed by atoms with Crippen LogP contribution in [-0.4, -0.2) is 24.5 Å². The van der Waals surface area contributed by atoms with E-state index in [0.717, 1.165) is 72.3 Å². The van der Waals surface area contributed by atoms with Crippen LogP contribution in [0.5, 0.6) is 0 Å². The Kier molecular flexibility index (Phi) is 6.03. The van der Waals surface area contributed by atoms with Crippen molar-refractivity contribution in [2.75, 3.05) is 0 Å². The van der Waals surface area contributed by atoms with Crippen molar-refractivity contribution >= 4 is 32.8 Å². The SMILES string of the molecule is c1ccc2c(c1)c1c3occc3ccc1n2-c1ccc(-c2cc(-c3ccc(-c4ccncc4)cc3)nc(-c3ccncc3)n2)cc1. The van der Waals surface area contributed by atoms with E-state index in [4.69, 9.17) is 14.4 Å². The van der Waals surface area contributed by atoms with E-state index in [1.54, 1.807) is 18.7 Å². The molecule has 5 heterocycles. The second kappa shape index (κ2) is 10.6. The van der Waals surface area contributed by atoms with Crippen molar-refractivity contribution in [3.63, 3.8) is 0 Å². The second-order valence-electron chi connectivity index (χ2n) is 11.2. The van der Waals surface area contributed by atoms with Crippen LogP contribution in [0.4, 0.5) is 0 Å². The molecule has 6 nitrogen and oxygen atoms in total. The number of aromatic nitrogens is 5. The van der Waals surface area contributed by atoms with Crippen LogP contribution < -0.4 is 0 Å². The van der Waals surface area contributed by atoms with Crippen LogP contribution in [0.1, 0.15) is 0 Å². The summed E-state index contributed by atoms with van der Waals surface area (Å²) in [6.45, 7) is 0. The Morgan fingerprint density at radius 2 is 1.11 bits per heavy atom. The molecule has 0 spiro atoms. The van der Waals surface area contributed by atoms with Crippen molar-refractivity contribution < 1.29 is 4.42 Å². The van der Waals surface area contributed by atoms with Crippen molar-refractivity contribution in [2.24, 2.45) is 0 Å². The molecule has 0 bridgehead atoms. The molecule has 0 N–H and O–H groups in total. The first-order chi connectivity index (χ1) is 22.8. The summed E-state index contributed by atoms with van der Waals surface area (Å²) in [4.78, 5) is 18.3. The summed E-state index contributed by atoms with van der Waals surface area (Å²) in [5, 5.41) is 3.39. The van der Waals surface area contributed by atoms with Crippen LogP contribution in [0.15, 0.2) is 157 Å². The molecule has 4 aromatic carbocycles. The standard InChI is InChI=1S/C40H25N5O/c1-2-4-36-33(3-1)38-37(14-11-30-19-24-46-39(30)38)45(36)32-12-9-29(10-13-32)35-25-34(43-40(44-35)31-17-22-42-23-18-31)28-7-5-26(6-8-28)27-15-20-41-21-16-27/h1-25H. The predicted octanol–water partition coefficient (Wildman–Crippen LogP) is 9.78. The smallest absolute Gasteiger partial charge is 0.160 e. The van der Waals surface area contributed by atoms with Crippen molar-refractivity contribution in [3.05, 3.63) is 152 Å². The molecule has 46 heavy (non-hydrogen) atoms. The lowest BCUT2D eigenvalue weighted by Gasteiger charge is -2.12. The van der Waals surface area contributed by atoms with Gasteiger partial charge in [-0.05, 0) is 77.9 Å². The Hall–Kier alpha value is -6.40. The maximum atomic E-state index is 5.96. The van der Waals surface area contributed by atoms with Crippen molar-refractivity contribution in [1.29, 1.82) is 0 Å². The second-order valence-corrected chi connectivity index (χ2v) is 11.2. The van der Waals surface area contributed by atoms with Crippen LogP contribution in [-0.2, 0) is 0 Å². The lowest BCUT2D eigenvalue weighted by atomic mass is 10.0. The quantitative estimate of drug-likeness (QED) is 0.199. The maximum absolute atomic E-state index is 5.96. The van der Waals surface area contributed by atoms with Crippen LogP contribution >= 0.6 is 0 Å². The molecule has 0 aliphatic heterocycles. The topological polar surface area (TPSA) is 69.6 Å². The molecule has 0 atom stereocenters. The minimum atomic E-state index is 0.655. The molecule has 216 valence electrons. The molecule has 0 saturated carbocycles. The van der Waals surface area contributed by atoms with E-state index in [0.29, 0.717) is 5.82 Å². The third-order valence-corrected chi connectivity index (χ3v) is 8.54. The Balaban J connectivity index is 1.15. The number of hydrogen-bond donors (Lipinski definition) is 0. The Morgan fingerprint density at radius 1 is 0.500 bits per heavy atom. The zero-order valence-electron chi connectivity index (χ0n) is 24.6. The van der Waals surface area contributed by atoms with E-state index in [1.807, 2.05) is 42.7 Å². The Bertz CT molecular complexity index is 2500. The monoisotopic (exact) mass is 591 g/mol. The number of nitrogens with zero attached hydrogens (tertiary/aromatic N) is 5.